The Kier molecular flexibility index (Phi) is 3.23. The molecule has 0 amide bonds. The fraction of sp³-hybridized carbons (Fsp3) is 0.600. The van der Waals surface area contributed by atoms with Crippen molar-refractivity contribution < 1.29 is 14.3 Å². The summed E-state index contributed by atoms with van der Waals surface area (Å²) in [6.07, 6.45) is 4.19. The van der Waals surface area contributed by atoms with Crippen molar-refractivity contribution in [2.45, 2.75) is 26.2 Å². The molecule has 1 rings (SSSR count). The number of unbranched alkanes of at least 4 members (excludes halogenated alkanes) is 1. The van der Waals surface area contributed by atoms with Gasteiger partial charge in [0.25, 0.3) is 0 Å². The highest BCUT2D eigenvalue weighted by atomic mass is 16.6. The van der Waals surface area contributed by atoms with E-state index in [-0.39, 0.29) is 11.9 Å². The predicted octanol–water partition coefficient (Wildman–Crippen LogP) is 1.68. The van der Waals surface area contributed by atoms with Gasteiger partial charge in [-0.3, -0.25) is 9.59 Å². The second-order valence-corrected chi connectivity index (χ2v) is 3.25. The summed E-state index contributed by atoms with van der Waals surface area (Å²) in [5.74, 6) is -1.53. The van der Waals surface area contributed by atoms with E-state index in [2.05, 4.69) is 11.3 Å². The molecule has 0 spiro atoms. The lowest BCUT2D eigenvalue weighted by molar-refractivity contribution is -0.153. The van der Waals surface area contributed by atoms with Crippen LogP contribution in [0.15, 0.2) is 12.7 Å². The average molecular weight is 182 g/mol. The van der Waals surface area contributed by atoms with Crippen LogP contribution in [-0.2, 0) is 14.3 Å². The summed E-state index contributed by atoms with van der Waals surface area (Å²) in [5.41, 5.74) is 0. The Morgan fingerprint density at radius 1 is 1.46 bits per heavy atom. The van der Waals surface area contributed by atoms with Crippen molar-refractivity contribution in [3.63, 3.8) is 0 Å². The van der Waals surface area contributed by atoms with Crippen molar-refractivity contribution >= 4 is 11.9 Å². The number of hydrogen-bond donors (Lipinski definition) is 0. The van der Waals surface area contributed by atoms with Gasteiger partial charge in [-0.15, -0.1) is 6.58 Å². The lowest BCUT2D eigenvalue weighted by atomic mass is 9.90. The number of hydrogen-bond acceptors (Lipinski definition) is 3. The van der Waals surface area contributed by atoms with Crippen LogP contribution in [0.1, 0.15) is 26.2 Å². The largest absolute Gasteiger partial charge is 0.392 e. The number of carbonyl (C=O) groups excluding carboxylic acids is 2. The Bertz CT molecular complexity index is 232. The second-order valence-electron chi connectivity index (χ2n) is 3.25. The first-order valence-electron chi connectivity index (χ1n) is 4.58. The average Bonchev–Trinajstić information content (AvgIpc) is 2.37. The normalized spacial score (nSPS) is 27.5. The second kappa shape index (κ2) is 4.21. The Balaban J connectivity index is 2.63. The van der Waals surface area contributed by atoms with E-state index in [0.717, 1.165) is 19.3 Å². The third-order valence-corrected chi connectivity index (χ3v) is 2.33. The molecule has 1 fully saturated rings. The molecule has 0 bridgehead atoms. The van der Waals surface area contributed by atoms with Crippen LogP contribution < -0.4 is 0 Å². The van der Waals surface area contributed by atoms with Gasteiger partial charge in [0.1, 0.15) is 0 Å². The molecule has 2 atom stereocenters. The van der Waals surface area contributed by atoms with Gasteiger partial charge in [0.2, 0.25) is 0 Å². The molecule has 3 heteroatoms. The van der Waals surface area contributed by atoms with Gasteiger partial charge in [-0.2, -0.15) is 0 Å². The zero-order valence-electron chi connectivity index (χ0n) is 7.79. The minimum atomic E-state index is -0.443. The minimum absolute atomic E-state index is 0.287. The van der Waals surface area contributed by atoms with E-state index in [1.165, 1.54) is 6.08 Å². The zero-order valence-corrected chi connectivity index (χ0v) is 7.79. The molecule has 0 N–H and O–H groups in total. The standard InChI is InChI=1S/C10H14O3/c1-3-5-6-8-7(4-2)9(11)13-10(8)12/h4,7-8H,2-3,5-6H2,1H3. The SMILES string of the molecule is C=CC1C(=O)OC(=O)C1CCCC. The van der Waals surface area contributed by atoms with E-state index in [1.807, 2.05) is 6.92 Å². The molecular weight excluding hydrogens is 168 g/mol. The molecule has 1 aliphatic rings. The lowest BCUT2D eigenvalue weighted by Gasteiger charge is -2.07. The molecule has 0 aromatic heterocycles. The Labute approximate surface area is 77.8 Å². The molecule has 2 unspecified atom stereocenters. The molecular formula is C10H14O3. The smallest absolute Gasteiger partial charge is 0.321 e. The third kappa shape index (κ3) is 1.97. The maximum atomic E-state index is 11.2. The number of carbonyl (C=O) groups is 2. The first-order chi connectivity index (χ1) is 6.20. The Morgan fingerprint density at radius 2 is 2.15 bits per heavy atom. The van der Waals surface area contributed by atoms with E-state index in [0.29, 0.717) is 0 Å². The van der Waals surface area contributed by atoms with Gasteiger partial charge < -0.3 is 4.74 Å². The van der Waals surface area contributed by atoms with Crippen molar-refractivity contribution in [1.29, 1.82) is 0 Å². The van der Waals surface area contributed by atoms with Gasteiger partial charge in [-0.25, -0.2) is 0 Å². The lowest BCUT2D eigenvalue weighted by Crippen LogP contribution is -2.15. The van der Waals surface area contributed by atoms with E-state index < -0.39 is 11.9 Å². The topological polar surface area (TPSA) is 43.4 Å². The van der Waals surface area contributed by atoms with Crippen molar-refractivity contribution in [2.24, 2.45) is 11.8 Å². The molecule has 0 aliphatic carbocycles. The van der Waals surface area contributed by atoms with E-state index in [9.17, 15) is 9.59 Å². The van der Waals surface area contributed by atoms with Crippen LogP contribution in [0.25, 0.3) is 0 Å². The van der Waals surface area contributed by atoms with Gasteiger partial charge in [0, 0.05) is 0 Å². The van der Waals surface area contributed by atoms with Crippen LogP contribution >= 0.6 is 0 Å². The summed E-state index contributed by atoms with van der Waals surface area (Å²) in [5, 5.41) is 0. The summed E-state index contributed by atoms with van der Waals surface area (Å²) in [4.78, 5) is 22.2. The predicted molar refractivity (Wildman–Crippen MR) is 47.8 cm³/mol. The van der Waals surface area contributed by atoms with Gasteiger partial charge in [0.15, 0.2) is 0 Å². The van der Waals surface area contributed by atoms with E-state index in [4.69, 9.17) is 0 Å². The van der Waals surface area contributed by atoms with Crippen LogP contribution in [0.3, 0.4) is 0 Å². The molecule has 0 saturated carbocycles. The van der Waals surface area contributed by atoms with E-state index in [1.54, 1.807) is 0 Å². The highest BCUT2D eigenvalue weighted by molar-refractivity contribution is 5.97. The summed E-state index contributed by atoms with van der Waals surface area (Å²) in [6.45, 7) is 5.58. The van der Waals surface area contributed by atoms with Crippen LogP contribution in [0.4, 0.5) is 0 Å². The molecule has 1 saturated heterocycles. The number of cyclic esters (lactones) is 2. The number of rotatable bonds is 4. The molecule has 3 nitrogen and oxygen atoms in total. The van der Waals surface area contributed by atoms with Crippen molar-refractivity contribution in [1.82, 2.24) is 0 Å². The minimum Gasteiger partial charge on any atom is -0.392 e. The highest BCUT2D eigenvalue weighted by Gasteiger charge is 2.41. The number of esters is 2. The van der Waals surface area contributed by atoms with Gasteiger partial charge in [0.05, 0.1) is 11.8 Å². The fourth-order valence-corrected chi connectivity index (χ4v) is 1.54. The Hall–Kier alpha value is -1.12. The number of ether oxygens (including phenoxy) is 1. The maximum Gasteiger partial charge on any atom is 0.321 e. The van der Waals surface area contributed by atoms with Crippen molar-refractivity contribution in [2.75, 3.05) is 0 Å². The van der Waals surface area contributed by atoms with Crippen LogP contribution in [0.2, 0.25) is 0 Å². The van der Waals surface area contributed by atoms with Crippen molar-refractivity contribution in [3.05, 3.63) is 12.7 Å². The summed E-state index contributed by atoms with van der Waals surface area (Å²) < 4.78 is 4.53. The van der Waals surface area contributed by atoms with Gasteiger partial charge in [-0.1, -0.05) is 25.8 Å². The molecule has 72 valence electrons. The highest BCUT2D eigenvalue weighted by Crippen LogP contribution is 2.28. The third-order valence-electron chi connectivity index (χ3n) is 2.33. The van der Waals surface area contributed by atoms with Crippen LogP contribution in [0, 0.1) is 11.8 Å². The fourth-order valence-electron chi connectivity index (χ4n) is 1.54. The molecule has 13 heavy (non-hydrogen) atoms. The van der Waals surface area contributed by atoms with E-state index >= 15 is 0 Å². The molecule has 1 aliphatic heterocycles. The molecule has 0 aromatic rings. The summed E-state index contributed by atoms with van der Waals surface area (Å²) in [7, 11) is 0. The molecule has 1 heterocycles. The van der Waals surface area contributed by atoms with Crippen LogP contribution in [-0.4, -0.2) is 11.9 Å². The maximum absolute atomic E-state index is 11.2. The monoisotopic (exact) mass is 182 g/mol. The zero-order chi connectivity index (χ0) is 9.84. The quantitative estimate of drug-likeness (QED) is 0.377. The first kappa shape index (κ1) is 9.96. The molecule has 0 radical (unpaired) electrons. The van der Waals surface area contributed by atoms with Crippen LogP contribution in [0.5, 0.6) is 0 Å². The summed E-state index contributed by atoms with van der Waals surface area (Å²) in [6, 6.07) is 0. The van der Waals surface area contributed by atoms with Gasteiger partial charge >= 0.3 is 11.9 Å². The first-order valence-corrected chi connectivity index (χ1v) is 4.58. The molecule has 0 aromatic carbocycles. The Morgan fingerprint density at radius 3 is 2.69 bits per heavy atom. The van der Waals surface area contributed by atoms with Crippen molar-refractivity contribution in [3.8, 4) is 0 Å². The van der Waals surface area contributed by atoms with Gasteiger partial charge in [-0.05, 0) is 6.42 Å². The summed E-state index contributed by atoms with van der Waals surface area (Å²) >= 11 is 0.